The first-order chi connectivity index (χ1) is 18.6. The van der Waals surface area contributed by atoms with Crippen molar-refractivity contribution in [3.63, 3.8) is 0 Å². The number of ether oxygens (including phenoxy) is 2. The van der Waals surface area contributed by atoms with Crippen molar-refractivity contribution in [1.82, 2.24) is 34.3 Å². The number of nitrogens with zero attached hydrogens (tertiary/aromatic N) is 8. The molecule has 194 valence electrons. The van der Waals surface area contributed by atoms with Gasteiger partial charge in [-0.05, 0) is 48.2 Å². The van der Waals surface area contributed by atoms with Crippen LogP contribution in [-0.2, 0) is 22.6 Å². The van der Waals surface area contributed by atoms with E-state index in [4.69, 9.17) is 9.47 Å². The zero-order valence-electron chi connectivity index (χ0n) is 20.9. The Hall–Kier alpha value is -4.22. The van der Waals surface area contributed by atoms with Crippen molar-refractivity contribution in [2.75, 3.05) is 18.6 Å². The number of aromatic nitrogens is 7. The largest absolute Gasteiger partial charge is 0.374 e. The van der Waals surface area contributed by atoms with E-state index in [0.29, 0.717) is 36.7 Å². The summed E-state index contributed by atoms with van der Waals surface area (Å²) < 4.78 is 29.5. The predicted molar refractivity (Wildman–Crippen MR) is 138 cm³/mol. The lowest BCUT2D eigenvalue weighted by molar-refractivity contribution is -0.0434. The Morgan fingerprint density at radius 2 is 2.03 bits per heavy atom. The van der Waals surface area contributed by atoms with Crippen molar-refractivity contribution in [2.24, 2.45) is 0 Å². The van der Waals surface area contributed by atoms with Crippen molar-refractivity contribution >= 4 is 17.0 Å². The molecule has 2 atom stereocenters. The van der Waals surface area contributed by atoms with Crippen LogP contribution in [0.3, 0.4) is 0 Å². The van der Waals surface area contributed by atoms with E-state index < -0.39 is 0 Å². The summed E-state index contributed by atoms with van der Waals surface area (Å²) >= 11 is 0. The van der Waals surface area contributed by atoms with Gasteiger partial charge in [0, 0.05) is 32.2 Å². The molecule has 11 heteroatoms. The zero-order chi connectivity index (χ0) is 25.9. The minimum absolute atomic E-state index is 0.0225. The van der Waals surface area contributed by atoms with Crippen LogP contribution >= 0.6 is 0 Å². The standard InChI is InChI=1S/C27H27FN8O2/c1-34(14-19-4-2-5-21(28)12-19)26-25-27(31-17-30-26)35(18-32-25)24-9-7-22(38-24)16-37-15-20-6-8-23(29-13-20)36-11-3-10-33-36/h2-6,8,10-13,17-18,22,24H,7,9,14-16H2,1H3/t22-,24+/m0/s1. The highest BCUT2D eigenvalue weighted by atomic mass is 19.1. The van der Waals surface area contributed by atoms with Gasteiger partial charge < -0.3 is 14.4 Å². The third-order valence-electron chi connectivity index (χ3n) is 6.53. The molecule has 0 aliphatic carbocycles. The lowest BCUT2D eigenvalue weighted by Crippen LogP contribution is -2.19. The monoisotopic (exact) mass is 514 g/mol. The minimum Gasteiger partial charge on any atom is -0.374 e. The molecule has 1 aliphatic heterocycles. The normalized spacial score (nSPS) is 17.3. The van der Waals surface area contributed by atoms with E-state index in [2.05, 4.69) is 25.0 Å². The number of halogens is 1. The smallest absolute Gasteiger partial charge is 0.167 e. The molecule has 0 amide bonds. The molecule has 5 heterocycles. The van der Waals surface area contributed by atoms with E-state index in [-0.39, 0.29) is 18.1 Å². The molecule has 0 unspecified atom stereocenters. The Morgan fingerprint density at radius 3 is 2.84 bits per heavy atom. The van der Waals surface area contributed by atoms with Crippen LogP contribution in [-0.4, -0.2) is 54.0 Å². The molecule has 0 saturated carbocycles. The second kappa shape index (κ2) is 10.6. The first-order valence-electron chi connectivity index (χ1n) is 12.5. The maximum Gasteiger partial charge on any atom is 0.167 e. The summed E-state index contributed by atoms with van der Waals surface area (Å²) in [6, 6.07) is 12.3. The van der Waals surface area contributed by atoms with Crippen molar-refractivity contribution in [3.8, 4) is 5.82 Å². The second-order valence-corrected chi connectivity index (χ2v) is 9.29. The van der Waals surface area contributed by atoms with Crippen molar-refractivity contribution in [2.45, 2.75) is 38.3 Å². The number of anilines is 1. The number of imidazole rings is 1. The molecule has 0 radical (unpaired) electrons. The van der Waals surface area contributed by atoms with Crippen LogP contribution in [0.4, 0.5) is 10.2 Å². The van der Waals surface area contributed by atoms with Gasteiger partial charge in [-0.2, -0.15) is 5.10 Å². The van der Waals surface area contributed by atoms with Crippen LogP contribution in [0.1, 0.15) is 30.2 Å². The highest BCUT2D eigenvalue weighted by Gasteiger charge is 2.29. The molecular formula is C27H27FN8O2. The van der Waals surface area contributed by atoms with Crippen LogP contribution in [0.5, 0.6) is 0 Å². The fourth-order valence-electron chi connectivity index (χ4n) is 4.68. The Kier molecular flexibility index (Phi) is 6.76. The quantitative estimate of drug-likeness (QED) is 0.290. The Labute approximate surface area is 218 Å². The summed E-state index contributed by atoms with van der Waals surface area (Å²) in [6.45, 7) is 1.44. The van der Waals surface area contributed by atoms with Crippen molar-refractivity contribution < 1.29 is 13.9 Å². The predicted octanol–water partition coefficient (Wildman–Crippen LogP) is 4.08. The lowest BCUT2D eigenvalue weighted by atomic mass is 10.2. The summed E-state index contributed by atoms with van der Waals surface area (Å²) in [5.41, 5.74) is 3.23. The van der Waals surface area contributed by atoms with Crippen LogP contribution in [0.25, 0.3) is 17.0 Å². The molecule has 1 aromatic carbocycles. The third-order valence-corrected chi connectivity index (χ3v) is 6.53. The molecule has 0 spiro atoms. The number of pyridine rings is 1. The van der Waals surface area contributed by atoms with Gasteiger partial charge in [-0.25, -0.2) is 29.0 Å². The van der Waals surface area contributed by atoms with Gasteiger partial charge >= 0.3 is 0 Å². The van der Waals surface area contributed by atoms with Gasteiger partial charge in [0.1, 0.15) is 18.4 Å². The summed E-state index contributed by atoms with van der Waals surface area (Å²) in [5.74, 6) is 1.19. The third kappa shape index (κ3) is 5.11. The summed E-state index contributed by atoms with van der Waals surface area (Å²) in [5, 5.41) is 4.19. The van der Waals surface area contributed by atoms with E-state index in [1.54, 1.807) is 29.5 Å². The molecule has 38 heavy (non-hydrogen) atoms. The maximum atomic E-state index is 13.6. The Bertz CT molecular complexity index is 1510. The van der Waals surface area contributed by atoms with Gasteiger partial charge in [0.15, 0.2) is 22.8 Å². The van der Waals surface area contributed by atoms with Gasteiger partial charge in [-0.15, -0.1) is 0 Å². The lowest BCUT2D eigenvalue weighted by Gasteiger charge is -2.19. The fraction of sp³-hybridized carbons (Fsp3) is 0.296. The van der Waals surface area contributed by atoms with Crippen LogP contribution in [0, 0.1) is 5.82 Å². The average Bonchev–Trinajstić information content (AvgIpc) is 3.70. The maximum absolute atomic E-state index is 13.6. The molecule has 1 saturated heterocycles. The van der Waals surface area contributed by atoms with E-state index in [9.17, 15) is 4.39 Å². The average molecular weight is 515 g/mol. The molecule has 10 nitrogen and oxygen atoms in total. The van der Waals surface area contributed by atoms with E-state index >= 15 is 0 Å². The molecule has 4 aromatic heterocycles. The van der Waals surface area contributed by atoms with Crippen LogP contribution in [0.2, 0.25) is 0 Å². The number of hydrogen-bond acceptors (Lipinski definition) is 8. The van der Waals surface area contributed by atoms with Crippen molar-refractivity contribution in [1.29, 1.82) is 0 Å². The Morgan fingerprint density at radius 1 is 1.08 bits per heavy atom. The van der Waals surface area contributed by atoms with Crippen LogP contribution in [0.15, 0.2) is 73.7 Å². The number of fused-ring (bicyclic) bond motifs is 1. The first kappa shape index (κ1) is 24.1. The molecule has 0 bridgehead atoms. The fourth-order valence-corrected chi connectivity index (χ4v) is 4.68. The molecule has 1 aliphatic rings. The number of hydrogen-bond donors (Lipinski definition) is 0. The van der Waals surface area contributed by atoms with E-state index in [1.165, 1.54) is 18.5 Å². The molecule has 1 fully saturated rings. The van der Waals surface area contributed by atoms with E-state index in [1.807, 2.05) is 47.0 Å². The summed E-state index contributed by atoms with van der Waals surface area (Å²) in [4.78, 5) is 19.9. The summed E-state index contributed by atoms with van der Waals surface area (Å²) in [7, 11) is 1.91. The van der Waals surface area contributed by atoms with Gasteiger partial charge in [-0.1, -0.05) is 18.2 Å². The van der Waals surface area contributed by atoms with Crippen molar-refractivity contribution in [3.05, 3.63) is 90.7 Å². The topological polar surface area (TPSA) is 96.0 Å². The van der Waals surface area contributed by atoms with Gasteiger partial charge in [0.05, 0.1) is 25.6 Å². The zero-order valence-corrected chi connectivity index (χ0v) is 20.9. The number of benzene rings is 1. The highest BCUT2D eigenvalue weighted by molar-refractivity contribution is 5.83. The first-order valence-corrected chi connectivity index (χ1v) is 12.5. The molecule has 6 rings (SSSR count). The van der Waals surface area contributed by atoms with Crippen LogP contribution < -0.4 is 4.90 Å². The summed E-state index contributed by atoms with van der Waals surface area (Å²) in [6.07, 6.45) is 10.2. The van der Waals surface area contributed by atoms with Gasteiger partial charge in [0.25, 0.3) is 0 Å². The van der Waals surface area contributed by atoms with E-state index in [0.717, 1.165) is 29.8 Å². The second-order valence-electron chi connectivity index (χ2n) is 9.29. The van der Waals surface area contributed by atoms with Gasteiger partial charge in [0.2, 0.25) is 0 Å². The highest BCUT2D eigenvalue weighted by Crippen LogP contribution is 2.32. The number of rotatable bonds is 9. The molecular weight excluding hydrogens is 487 g/mol. The minimum atomic E-state index is -0.259. The molecule has 0 N–H and O–H groups in total. The molecule has 5 aromatic rings. The SMILES string of the molecule is CN(Cc1cccc(F)c1)c1ncnc2c1ncn2[C@H]1CC[C@@H](COCc2ccc(-n3cccn3)nc2)O1. The Balaban J connectivity index is 1.06. The van der Waals surface area contributed by atoms with Gasteiger partial charge in [-0.3, -0.25) is 4.57 Å².